The second-order valence-electron chi connectivity index (χ2n) is 5.69. The number of nitrogens with one attached hydrogen (secondary N) is 1. The Kier molecular flexibility index (Phi) is 4.15. The minimum atomic E-state index is -0.913. The molecule has 1 saturated heterocycles. The van der Waals surface area contributed by atoms with Gasteiger partial charge in [0, 0.05) is 10.6 Å². The lowest BCUT2D eigenvalue weighted by molar-refractivity contribution is -0.130. The van der Waals surface area contributed by atoms with Crippen molar-refractivity contribution in [3.05, 3.63) is 47.2 Å². The van der Waals surface area contributed by atoms with Crippen LogP contribution in [0.4, 0.5) is 4.79 Å². The molecule has 1 aromatic heterocycles. The van der Waals surface area contributed by atoms with Crippen LogP contribution < -0.4 is 5.32 Å². The van der Waals surface area contributed by atoms with E-state index in [1.54, 1.807) is 31.2 Å². The molecule has 2 aromatic rings. The number of rotatable bonds is 4. The van der Waals surface area contributed by atoms with Crippen molar-refractivity contribution in [3.8, 4) is 11.3 Å². The van der Waals surface area contributed by atoms with Gasteiger partial charge >= 0.3 is 6.03 Å². The van der Waals surface area contributed by atoms with Crippen molar-refractivity contribution in [1.29, 1.82) is 0 Å². The highest BCUT2D eigenvalue weighted by Crippen LogP contribution is 2.25. The van der Waals surface area contributed by atoms with E-state index in [4.69, 9.17) is 16.0 Å². The van der Waals surface area contributed by atoms with E-state index in [9.17, 15) is 9.59 Å². The molecule has 2 heterocycles. The Morgan fingerprint density at radius 3 is 2.79 bits per heavy atom. The number of hydrazone groups is 1. The first-order valence-electron chi connectivity index (χ1n) is 7.49. The SMILES string of the molecule is CCC1(C)NC(=O)N(N=Cc2ccc(-c3cccc(Cl)c3)o2)C1=O. The smallest absolute Gasteiger partial charge is 0.346 e. The lowest BCUT2D eigenvalue weighted by atomic mass is 10.00. The lowest BCUT2D eigenvalue weighted by Crippen LogP contribution is -2.42. The first kappa shape index (κ1) is 16.3. The lowest BCUT2D eigenvalue weighted by Gasteiger charge is -2.17. The van der Waals surface area contributed by atoms with Gasteiger partial charge in [-0.25, -0.2) is 4.79 Å². The van der Waals surface area contributed by atoms with Gasteiger partial charge in [0.1, 0.15) is 17.1 Å². The Morgan fingerprint density at radius 1 is 1.33 bits per heavy atom. The van der Waals surface area contributed by atoms with Crippen LogP contribution in [0, 0.1) is 0 Å². The number of carbonyl (C=O) groups is 2. The van der Waals surface area contributed by atoms with Crippen LogP contribution in [0.5, 0.6) is 0 Å². The first-order valence-corrected chi connectivity index (χ1v) is 7.87. The summed E-state index contributed by atoms with van der Waals surface area (Å²) in [6.45, 7) is 3.50. The van der Waals surface area contributed by atoms with Gasteiger partial charge in [-0.1, -0.05) is 30.7 Å². The van der Waals surface area contributed by atoms with E-state index >= 15 is 0 Å². The molecule has 1 aromatic carbocycles. The van der Waals surface area contributed by atoms with Crippen LogP contribution in [0.3, 0.4) is 0 Å². The highest BCUT2D eigenvalue weighted by Gasteiger charge is 2.46. The number of carbonyl (C=O) groups excluding carboxylic acids is 2. The molecule has 1 N–H and O–H groups in total. The Balaban J connectivity index is 1.79. The number of hydrogen-bond acceptors (Lipinski definition) is 4. The second kappa shape index (κ2) is 6.13. The Labute approximate surface area is 144 Å². The van der Waals surface area contributed by atoms with Gasteiger partial charge in [-0.2, -0.15) is 5.10 Å². The minimum Gasteiger partial charge on any atom is -0.455 e. The van der Waals surface area contributed by atoms with Crippen LogP contribution in [-0.2, 0) is 4.79 Å². The van der Waals surface area contributed by atoms with E-state index < -0.39 is 11.6 Å². The van der Waals surface area contributed by atoms with Gasteiger partial charge < -0.3 is 9.73 Å². The summed E-state index contributed by atoms with van der Waals surface area (Å²) in [6, 6.07) is 10.2. The number of nitrogens with zero attached hydrogens (tertiary/aromatic N) is 2. The number of hydrogen-bond donors (Lipinski definition) is 1. The van der Waals surface area contributed by atoms with Crippen LogP contribution in [0.25, 0.3) is 11.3 Å². The van der Waals surface area contributed by atoms with Crippen molar-refractivity contribution in [2.24, 2.45) is 5.10 Å². The molecular formula is C17H16ClN3O3. The maximum atomic E-state index is 12.2. The molecule has 1 unspecified atom stereocenters. The van der Waals surface area contributed by atoms with Gasteiger partial charge in [-0.15, -0.1) is 5.01 Å². The molecule has 24 heavy (non-hydrogen) atoms. The molecule has 124 valence electrons. The number of furan rings is 1. The van der Waals surface area contributed by atoms with Crippen molar-refractivity contribution in [1.82, 2.24) is 10.3 Å². The molecule has 1 fully saturated rings. The van der Waals surface area contributed by atoms with Crippen molar-refractivity contribution in [3.63, 3.8) is 0 Å². The normalized spacial score (nSPS) is 20.9. The first-order chi connectivity index (χ1) is 11.4. The Bertz CT molecular complexity index is 830. The van der Waals surface area contributed by atoms with E-state index in [1.165, 1.54) is 6.21 Å². The zero-order valence-electron chi connectivity index (χ0n) is 13.2. The summed E-state index contributed by atoms with van der Waals surface area (Å²) in [4.78, 5) is 24.1. The third-order valence-electron chi connectivity index (χ3n) is 3.98. The van der Waals surface area contributed by atoms with E-state index in [-0.39, 0.29) is 5.91 Å². The van der Waals surface area contributed by atoms with Gasteiger partial charge in [-0.05, 0) is 37.6 Å². The fraction of sp³-hybridized carbons (Fsp3) is 0.235. The Morgan fingerprint density at radius 2 is 2.12 bits per heavy atom. The summed E-state index contributed by atoms with van der Waals surface area (Å²) in [7, 11) is 0. The highest BCUT2D eigenvalue weighted by molar-refractivity contribution is 6.30. The second-order valence-corrected chi connectivity index (χ2v) is 6.13. The third kappa shape index (κ3) is 2.92. The van der Waals surface area contributed by atoms with Crippen molar-refractivity contribution in [2.45, 2.75) is 25.8 Å². The average Bonchev–Trinajstić information content (AvgIpc) is 3.11. The number of halogens is 1. The molecule has 0 spiro atoms. The van der Waals surface area contributed by atoms with E-state index in [1.807, 2.05) is 19.1 Å². The van der Waals surface area contributed by atoms with Crippen LogP contribution in [0.1, 0.15) is 26.0 Å². The number of amides is 3. The van der Waals surface area contributed by atoms with Crippen LogP contribution in [-0.4, -0.2) is 28.7 Å². The third-order valence-corrected chi connectivity index (χ3v) is 4.22. The van der Waals surface area contributed by atoms with Crippen molar-refractivity contribution in [2.75, 3.05) is 0 Å². The average molecular weight is 346 g/mol. The largest absolute Gasteiger partial charge is 0.455 e. The monoisotopic (exact) mass is 345 g/mol. The summed E-state index contributed by atoms with van der Waals surface area (Å²) in [6.07, 6.45) is 1.83. The van der Waals surface area contributed by atoms with E-state index in [0.29, 0.717) is 23.0 Å². The summed E-state index contributed by atoms with van der Waals surface area (Å²) < 4.78 is 5.66. The molecule has 1 aliphatic heterocycles. The van der Waals surface area contributed by atoms with Gasteiger partial charge in [0.25, 0.3) is 5.91 Å². The van der Waals surface area contributed by atoms with E-state index in [2.05, 4.69) is 10.4 Å². The fourth-order valence-electron chi connectivity index (χ4n) is 2.35. The molecule has 0 aliphatic carbocycles. The predicted molar refractivity (Wildman–Crippen MR) is 90.8 cm³/mol. The van der Waals surface area contributed by atoms with Crippen molar-refractivity contribution < 1.29 is 14.0 Å². The minimum absolute atomic E-state index is 0.382. The standard InChI is InChI=1S/C17H16ClN3O3/c1-3-17(2)15(22)21(16(23)20-17)19-10-13-7-8-14(24-13)11-5-4-6-12(18)9-11/h4-10H,3H2,1-2H3,(H,20,23). The molecule has 1 aliphatic rings. The van der Waals surface area contributed by atoms with Crippen molar-refractivity contribution >= 4 is 29.8 Å². The predicted octanol–water partition coefficient (Wildman–Crippen LogP) is 3.65. The molecule has 0 radical (unpaired) electrons. The molecule has 7 heteroatoms. The quantitative estimate of drug-likeness (QED) is 0.678. The number of imide groups is 1. The van der Waals surface area contributed by atoms with Gasteiger partial charge in [0.15, 0.2) is 0 Å². The molecular weight excluding hydrogens is 330 g/mol. The number of benzene rings is 1. The summed E-state index contributed by atoms with van der Waals surface area (Å²) in [5.74, 6) is 0.665. The fourth-order valence-corrected chi connectivity index (χ4v) is 2.54. The van der Waals surface area contributed by atoms with Crippen LogP contribution in [0.15, 0.2) is 45.9 Å². The molecule has 6 nitrogen and oxygen atoms in total. The zero-order valence-corrected chi connectivity index (χ0v) is 14.0. The molecule has 1 atom stereocenters. The molecule has 0 bridgehead atoms. The maximum Gasteiger partial charge on any atom is 0.346 e. The highest BCUT2D eigenvalue weighted by atomic mass is 35.5. The molecule has 0 saturated carbocycles. The topological polar surface area (TPSA) is 74.9 Å². The Hall–Kier alpha value is -2.60. The number of urea groups is 1. The zero-order chi connectivity index (χ0) is 17.3. The van der Waals surface area contributed by atoms with Gasteiger partial charge in [0.2, 0.25) is 0 Å². The maximum absolute atomic E-state index is 12.2. The molecule has 3 rings (SSSR count). The van der Waals surface area contributed by atoms with Gasteiger partial charge in [-0.3, -0.25) is 4.79 Å². The van der Waals surface area contributed by atoms with Gasteiger partial charge in [0.05, 0.1) is 6.21 Å². The molecule has 3 amide bonds. The van der Waals surface area contributed by atoms with Crippen LogP contribution in [0.2, 0.25) is 5.02 Å². The summed E-state index contributed by atoms with van der Waals surface area (Å²) >= 11 is 5.96. The van der Waals surface area contributed by atoms with Crippen LogP contribution >= 0.6 is 11.6 Å². The summed E-state index contributed by atoms with van der Waals surface area (Å²) in [5.41, 5.74) is -0.0838. The summed E-state index contributed by atoms with van der Waals surface area (Å²) in [5, 5.41) is 8.02. The van der Waals surface area contributed by atoms with E-state index in [0.717, 1.165) is 10.6 Å².